The zero-order valence-corrected chi connectivity index (χ0v) is 18.0. The Labute approximate surface area is 178 Å². The topological polar surface area (TPSA) is 17.8 Å². The number of para-hydroxylation sites is 2. The molecule has 0 amide bonds. The van der Waals surface area contributed by atoms with Crippen molar-refractivity contribution in [2.75, 3.05) is 0 Å². The molecule has 0 aliphatic rings. The molecule has 0 aliphatic carbocycles. The Hall–Kier alpha value is -1.77. The number of fused-ring (bicyclic) bond motifs is 1. The summed E-state index contributed by atoms with van der Waals surface area (Å²) in [5.74, 6) is 0.947. The summed E-state index contributed by atoms with van der Waals surface area (Å²) in [5, 5.41) is 1.30. The van der Waals surface area contributed by atoms with Crippen molar-refractivity contribution >= 4 is 46.4 Å². The van der Waals surface area contributed by atoms with Crippen molar-refractivity contribution in [1.82, 2.24) is 9.55 Å². The summed E-state index contributed by atoms with van der Waals surface area (Å²) in [6.45, 7) is 3.24. The van der Waals surface area contributed by atoms with Crippen molar-refractivity contribution in [2.45, 2.75) is 58.4 Å². The zero-order valence-electron chi connectivity index (χ0n) is 16.5. The van der Waals surface area contributed by atoms with Gasteiger partial charge in [-0.15, -0.1) is 0 Å². The van der Waals surface area contributed by atoms with Gasteiger partial charge in [0.2, 0.25) is 0 Å². The molecule has 28 heavy (non-hydrogen) atoms. The number of aryl methyl sites for hydroxylation is 1. The van der Waals surface area contributed by atoms with Crippen LogP contribution in [0.15, 0.2) is 42.5 Å². The predicted octanol–water partition coefficient (Wildman–Crippen LogP) is 8.26. The van der Waals surface area contributed by atoms with Gasteiger partial charge in [-0.1, -0.05) is 86.8 Å². The van der Waals surface area contributed by atoms with E-state index in [0.717, 1.165) is 23.4 Å². The highest BCUT2D eigenvalue weighted by atomic mass is 35.5. The summed E-state index contributed by atoms with van der Waals surface area (Å²) in [6, 6.07) is 13.9. The van der Waals surface area contributed by atoms with E-state index in [9.17, 15) is 0 Å². The second-order valence-corrected chi connectivity index (χ2v) is 8.01. The van der Waals surface area contributed by atoms with Crippen LogP contribution >= 0.6 is 23.2 Å². The highest BCUT2D eigenvalue weighted by molar-refractivity contribution is 6.37. The molecule has 1 aromatic heterocycles. The van der Waals surface area contributed by atoms with E-state index in [2.05, 4.69) is 29.7 Å². The normalized spacial score (nSPS) is 11.7. The van der Waals surface area contributed by atoms with Crippen LogP contribution in [0, 0.1) is 0 Å². The van der Waals surface area contributed by atoms with Gasteiger partial charge in [-0.3, -0.25) is 0 Å². The highest BCUT2D eigenvalue weighted by Crippen LogP contribution is 2.27. The van der Waals surface area contributed by atoms with E-state index in [4.69, 9.17) is 28.2 Å². The van der Waals surface area contributed by atoms with Gasteiger partial charge in [0.05, 0.1) is 11.0 Å². The third kappa shape index (κ3) is 5.40. The molecule has 0 spiro atoms. The van der Waals surface area contributed by atoms with Crippen molar-refractivity contribution in [2.24, 2.45) is 0 Å². The SMILES string of the molecule is CCCCCCCCCn1c(/C=C/c2c(Cl)cccc2Cl)nc2ccccc21. The molecular formula is C24H28Cl2N2. The first-order valence-corrected chi connectivity index (χ1v) is 11.0. The van der Waals surface area contributed by atoms with Crippen LogP contribution in [0.3, 0.4) is 0 Å². The van der Waals surface area contributed by atoms with Gasteiger partial charge in [-0.2, -0.15) is 0 Å². The first-order valence-electron chi connectivity index (χ1n) is 10.3. The third-order valence-electron chi connectivity index (χ3n) is 5.07. The van der Waals surface area contributed by atoms with Gasteiger partial charge in [0, 0.05) is 22.2 Å². The van der Waals surface area contributed by atoms with Crippen LogP contribution in [0.25, 0.3) is 23.2 Å². The highest BCUT2D eigenvalue weighted by Gasteiger charge is 2.09. The molecule has 0 unspecified atom stereocenters. The molecule has 0 saturated carbocycles. The predicted molar refractivity (Wildman–Crippen MR) is 123 cm³/mol. The van der Waals surface area contributed by atoms with E-state index < -0.39 is 0 Å². The van der Waals surface area contributed by atoms with Gasteiger partial charge in [-0.05, 0) is 42.8 Å². The molecule has 148 valence electrons. The summed E-state index contributed by atoms with van der Waals surface area (Å²) in [7, 11) is 0. The second kappa shape index (κ2) is 10.7. The number of unbranched alkanes of at least 4 members (excludes halogenated alkanes) is 6. The molecule has 1 heterocycles. The second-order valence-electron chi connectivity index (χ2n) is 7.20. The van der Waals surface area contributed by atoms with Gasteiger partial charge in [0.25, 0.3) is 0 Å². The number of benzene rings is 2. The Bertz CT molecular complexity index is 907. The van der Waals surface area contributed by atoms with Crippen molar-refractivity contribution in [3.8, 4) is 0 Å². The molecule has 0 N–H and O–H groups in total. The molecular weight excluding hydrogens is 387 g/mol. The van der Waals surface area contributed by atoms with Crippen LogP contribution in [0.4, 0.5) is 0 Å². The molecule has 4 heteroatoms. The van der Waals surface area contributed by atoms with Gasteiger partial charge >= 0.3 is 0 Å². The lowest BCUT2D eigenvalue weighted by Gasteiger charge is -2.08. The monoisotopic (exact) mass is 414 g/mol. The molecule has 0 saturated heterocycles. The quantitative estimate of drug-likeness (QED) is 0.305. The first-order chi connectivity index (χ1) is 13.7. The zero-order chi connectivity index (χ0) is 19.8. The van der Waals surface area contributed by atoms with Crippen LogP contribution in [0.2, 0.25) is 10.0 Å². The number of rotatable bonds is 10. The van der Waals surface area contributed by atoms with Gasteiger partial charge in [0.15, 0.2) is 0 Å². The van der Waals surface area contributed by atoms with E-state index in [-0.39, 0.29) is 0 Å². The fourth-order valence-electron chi connectivity index (χ4n) is 3.51. The molecule has 0 bridgehead atoms. The Morgan fingerprint density at radius 1 is 0.821 bits per heavy atom. The minimum atomic E-state index is 0.651. The Kier molecular flexibility index (Phi) is 8.00. The molecule has 2 nitrogen and oxygen atoms in total. The van der Waals surface area contributed by atoms with Crippen molar-refractivity contribution < 1.29 is 0 Å². The van der Waals surface area contributed by atoms with Gasteiger partial charge < -0.3 is 4.57 Å². The van der Waals surface area contributed by atoms with Crippen molar-refractivity contribution in [3.63, 3.8) is 0 Å². The maximum Gasteiger partial charge on any atom is 0.133 e. The van der Waals surface area contributed by atoms with Crippen LogP contribution < -0.4 is 0 Å². The van der Waals surface area contributed by atoms with E-state index in [0.29, 0.717) is 10.0 Å². The molecule has 0 atom stereocenters. The number of aromatic nitrogens is 2. The summed E-state index contributed by atoms with van der Waals surface area (Å²) in [5.41, 5.74) is 3.04. The molecule has 0 aliphatic heterocycles. The van der Waals surface area contributed by atoms with E-state index >= 15 is 0 Å². The maximum atomic E-state index is 6.31. The standard InChI is InChI=1S/C24H28Cl2N2/c1-2-3-4-5-6-7-10-18-28-23-15-9-8-14-22(23)27-24(28)17-16-19-20(25)12-11-13-21(19)26/h8-9,11-17H,2-7,10,18H2,1H3/b17-16+. The van der Waals surface area contributed by atoms with Gasteiger partial charge in [0.1, 0.15) is 5.82 Å². The minimum Gasteiger partial charge on any atom is -0.324 e. The molecule has 3 aromatic rings. The number of imidazole rings is 1. The van der Waals surface area contributed by atoms with E-state index in [1.165, 1.54) is 50.5 Å². The minimum absolute atomic E-state index is 0.651. The van der Waals surface area contributed by atoms with Crippen LogP contribution in [0.1, 0.15) is 63.3 Å². The summed E-state index contributed by atoms with van der Waals surface area (Å²) in [4.78, 5) is 4.82. The van der Waals surface area contributed by atoms with E-state index in [1.54, 1.807) is 0 Å². The third-order valence-corrected chi connectivity index (χ3v) is 5.73. The van der Waals surface area contributed by atoms with Crippen molar-refractivity contribution in [1.29, 1.82) is 0 Å². The smallest absolute Gasteiger partial charge is 0.133 e. The van der Waals surface area contributed by atoms with Crippen LogP contribution in [0.5, 0.6) is 0 Å². The Morgan fingerprint density at radius 3 is 2.25 bits per heavy atom. The number of halogens is 2. The fourth-order valence-corrected chi connectivity index (χ4v) is 4.03. The average molecular weight is 415 g/mol. The number of nitrogens with zero attached hydrogens (tertiary/aromatic N) is 2. The Morgan fingerprint density at radius 2 is 1.50 bits per heavy atom. The number of hydrogen-bond acceptors (Lipinski definition) is 1. The summed E-state index contributed by atoms with van der Waals surface area (Å²) in [6.07, 6.45) is 13.1. The van der Waals surface area contributed by atoms with Crippen LogP contribution in [-0.2, 0) is 6.54 Å². The Balaban J connectivity index is 1.75. The van der Waals surface area contributed by atoms with Crippen LogP contribution in [-0.4, -0.2) is 9.55 Å². The lowest BCUT2D eigenvalue weighted by Crippen LogP contribution is -2.00. The average Bonchev–Trinajstić information content (AvgIpc) is 3.04. The first kappa shape index (κ1) is 21.0. The number of hydrogen-bond donors (Lipinski definition) is 0. The lowest BCUT2D eigenvalue weighted by atomic mass is 10.1. The molecule has 0 radical (unpaired) electrons. The fraction of sp³-hybridized carbons (Fsp3) is 0.375. The van der Waals surface area contributed by atoms with E-state index in [1.807, 2.05) is 36.4 Å². The maximum absolute atomic E-state index is 6.31. The summed E-state index contributed by atoms with van der Waals surface area (Å²) < 4.78 is 2.31. The molecule has 0 fully saturated rings. The van der Waals surface area contributed by atoms with Crippen molar-refractivity contribution in [3.05, 3.63) is 63.9 Å². The molecule has 3 rings (SSSR count). The van der Waals surface area contributed by atoms with Gasteiger partial charge in [-0.25, -0.2) is 4.98 Å². The lowest BCUT2D eigenvalue weighted by molar-refractivity contribution is 0.554. The largest absolute Gasteiger partial charge is 0.324 e. The summed E-state index contributed by atoms with van der Waals surface area (Å²) >= 11 is 12.6. The molecule has 2 aromatic carbocycles.